The van der Waals surface area contributed by atoms with Crippen molar-refractivity contribution >= 4 is 32.7 Å². The van der Waals surface area contributed by atoms with Crippen molar-refractivity contribution in [2.75, 3.05) is 6.61 Å². The Bertz CT molecular complexity index is 655. The van der Waals surface area contributed by atoms with Crippen LogP contribution in [0.1, 0.15) is 17.9 Å². The maximum absolute atomic E-state index is 12.1. The lowest BCUT2D eigenvalue weighted by atomic mass is 9.86. The van der Waals surface area contributed by atoms with Gasteiger partial charge in [0.2, 0.25) is 0 Å². The zero-order chi connectivity index (χ0) is 13.2. The fourth-order valence-electron chi connectivity index (χ4n) is 2.59. The van der Waals surface area contributed by atoms with E-state index in [2.05, 4.69) is 34.1 Å². The molecule has 0 spiro atoms. The summed E-state index contributed by atoms with van der Waals surface area (Å²) in [6.45, 7) is 0.470. The molecule has 1 heterocycles. The van der Waals surface area contributed by atoms with Gasteiger partial charge in [-0.05, 0) is 26.9 Å². The first kappa shape index (κ1) is 12.4. The van der Waals surface area contributed by atoms with Crippen LogP contribution in [0.15, 0.2) is 53.0 Å². The van der Waals surface area contributed by atoms with Gasteiger partial charge >= 0.3 is 5.97 Å². The minimum absolute atomic E-state index is 0.159. The summed E-state index contributed by atoms with van der Waals surface area (Å²) < 4.78 is 5.23. The Balaban J connectivity index is 2.20. The molecule has 0 aliphatic carbocycles. The fraction of sp³-hybridized carbons (Fsp3) is 0.188. The monoisotopic (exact) mass is 316 g/mol. The van der Waals surface area contributed by atoms with E-state index in [1.807, 2.05) is 29.3 Å². The maximum atomic E-state index is 12.1. The zero-order valence-corrected chi connectivity index (χ0v) is 11.9. The average molecular weight is 317 g/mol. The standard InChI is InChI=1S/C16H13BrO2/c17-10-12-8-9-19-16(18)15(12)14-7-3-5-11-4-1-2-6-13(11)14/h1-7,10,15H,8-9H2. The highest BCUT2D eigenvalue weighted by Crippen LogP contribution is 2.36. The number of halogens is 1. The third-order valence-corrected chi connectivity index (χ3v) is 4.10. The van der Waals surface area contributed by atoms with Crippen molar-refractivity contribution in [3.63, 3.8) is 0 Å². The number of rotatable bonds is 1. The Morgan fingerprint density at radius 2 is 1.95 bits per heavy atom. The molecule has 2 aromatic rings. The summed E-state index contributed by atoms with van der Waals surface area (Å²) in [4.78, 5) is 14.0. The smallest absolute Gasteiger partial charge is 0.317 e. The van der Waals surface area contributed by atoms with Gasteiger partial charge in [0.25, 0.3) is 0 Å². The highest BCUT2D eigenvalue weighted by molar-refractivity contribution is 9.11. The molecule has 0 N–H and O–H groups in total. The molecule has 0 aromatic heterocycles. The minimum atomic E-state index is -0.292. The average Bonchev–Trinajstić information content (AvgIpc) is 2.46. The van der Waals surface area contributed by atoms with Crippen LogP contribution in [0.5, 0.6) is 0 Å². The lowest BCUT2D eigenvalue weighted by Gasteiger charge is -2.25. The summed E-state index contributed by atoms with van der Waals surface area (Å²) in [6.07, 6.45) is 0.783. The van der Waals surface area contributed by atoms with Crippen LogP contribution in [0.3, 0.4) is 0 Å². The molecule has 3 rings (SSSR count). The minimum Gasteiger partial charge on any atom is -0.465 e. The number of fused-ring (bicyclic) bond motifs is 1. The second kappa shape index (κ2) is 5.17. The molecule has 1 aliphatic rings. The van der Waals surface area contributed by atoms with E-state index in [1.165, 1.54) is 0 Å². The van der Waals surface area contributed by atoms with Gasteiger partial charge in [0, 0.05) is 6.42 Å². The Hall–Kier alpha value is -1.61. The molecule has 3 heteroatoms. The zero-order valence-electron chi connectivity index (χ0n) is 10.3. The molecule has 0 radical (unpaired) electrons. The van der Waals surface area contributed by atoms with Crippen LogP contribution < -0.4 is 0 Å². The predicted molar refractivity (Wildman–Crippen MR) is 79.3 cm³/mol. The van der Waals surface area contributed by atoms with Crippen LogP contribution in [0.2, 0.25) is 0 Å². The first-order chi connectivity index (χ1) is 9.31. The Morgan fingerprint density at radius 3 is 2.79 bits per heavy atom. The van der Waals surface area contributed by atoms with E-state index in [1.54, 1.807) is 0 Å². The molecule has 1 saturated heterocycles. The molecule has 0 bridgehead atoms. The summed E-state index contributed by atoms with van der Waals surface area (Å²) in [7, 11) is 0. The predicted octanol–water partition coefficient (Wildman–Crippen LogP) is 4.15. The SMILES string of the molecule is O=C1OCCC(=CBr)C1c1cccc2ccccc12. The number of benzene rings is 2. The van der Waals surface area contributed by atoms with Crippen LogP contribution in [-0.4, -0.2) is 12.6 Å². The molecule has 0 amide bonds. The van der Waals surface area contributed by atoms with Crippen molar-refractivity contribution in [2.45, 2.75) is 12.3 Å². The number of hydrogen-bond acceptors (Lipinski definition) is 2. The summed E-state index contributed by atoms with van der Waals surface area (Å²) >= 11 is 3.37. The topological polar surface area (TPSA) is 26.3 Å². The largest absolute Gasteiger partial charge is 0.465 e. The van der Waals surface area contributed by atoms with Crippen LogP contribution in [0.25, 0.3) is 10.8 Å². The van der Waals surface area contributed by atoms with Crippen molar-refractivity contribution in [3.8, 4) is 0 Å². The highest BCUT2D eigenvalue weighted by atomic mass is 79.9. The number of ether oxygens (including phenoxy) is 1. The van der Waals surface area contributed by atoms with Gasteiger partial charge in [0.15, 0.2) is 0 Å². The Kier molecular flexibility index (Phi) is 3.38. The number of esters is 1. The molecular formula is C16H13BrO2. The summed E-state index contributed by atoms with van der Waals surface area (Å²) in [5, 5.41) is 2.26. The molecular weight excluding hydrogens is 304 g/mol. The number of cyclic esters (lactones) is 1. The van der Waals surface area contributed by atoms with Gasteiger partial charge in [-0.3, -0.25) is 4.79 Å². The van der Waals surface area contributed by atoms with E-state index in [9.17, 15) is 4.79 Å². The molecule has 1 atom stereocenters. The number of hydrogen-bond donors (Lipinski definition) is 0. The lowest BCUT2D eigenvalue weighted by Crippen LogP contribution is -2.24. The highest BCUT2D eigenvalue weighted by Gasteiger charge is 2.31. The van der Waals surface area contributed by atoms with Crippen LogP contribution in [-0.2, 0) is 9.53 Å². The summed E-state index contributed by atoms with van der Waals surface area (Å²) in [5.41, 5.74) is 2.10. The molecule has 0 saturated carbocycles. The molecule has 19 heavy (non-hydrogen) atoms. The van der Waals surface area contributed by atoms with E-state index >= 15 is 0 Å². The van der Waals surface area contributed by atoms with Gasteiger partial charge in [-0.15, -0.1) is 0 Å². The Labute approximate surface area is 120 Å². The van der Waals surface area contributed by atoms with Gasteiger partial charge in [-0.1, -0.05) is 58.4 Å². The first-order valence-electron chi connectivity index (χ1n) is 6.24. The van der Waals surface area contributed by atoms with E-state index < -0.39 is 0 Å². The number of carbonyl (C=O) groups excluding carboxylic acids is 1. The molecule has 2 nitrogen and oxygen atoms in total. The van der Waals surface area contributed by atoms with Crippen molar-refractivity contribution in [3.05, 3.63) is 58.6 Å². The quantitative estimate of drug-likeness (QED) is 0.739. The Morgan fingerprint density at radius 1 is 1.16 bits per heavy atom. The van der Waals surface area contributed by atoms with E-state index in [0.29, 0.717) is 6.61 Å². The second-order valence-corrected chi connectivity index (χ2v) is 5.06. The summed E-state index contributed by atoms with van der Waals surface area (Å²) in [5.74, 6) is -0.451. The third kappa shape index (κ3) is 2.19. The van der Waals surface area contributed by atoms with Crippen molar-refractivity contribution in [1.82, 2.24) is 0 Å². The lowest BCUT2D eigenvalue weighted by molar-refractivity contribution is -0.146. The van der Waals surface area contributed by atoms with Gasteiger partial charge in [0.1, 0.15) is 5.92 Å². The molecule has 1 aliphatic heterocycles. The maximum Gasteiger partial charge on any atom is 0.317 e. The van der Waals surface area contributed by atoms with E-state index in [-0.39, 0.29) is 11.9 Å². The van der Waals surface area contributed by atoms with Crippen molar-refractivity contribution in [2.24, 2.45) is 0 Å². The van der Waals surface area contributed by atoms with Crippen LogP contribution >= 0.6 is 15.9 Å². The van der Waals surface area contributed by atoms with Crippen molar-refractivity contribution < 1.29 is 9.53 Å². The van der Waals surface area contributed by atoms with Gasteiger partial charge in [0.05, 0.1) is 6.61 Å². The van der Waals surface area contributed by atoms with Crippen LogP contribution in [0, 0.1) is 0 Å². The first-order valence-corrected chi connectivity index (χ1v) is 7.16. The normalized spacial score (nSPS) is 21.6. The number of carbonyl (C=O) groups is 1. The van der Waals surface area contributed by atoms with Crippen LogP contribution in [0.4, 0.5) is 0 Å². The molecule has 2 aromatic carbocycles. The molecule has 96 valence electrons. The molecule has 1 fully saturated rings. The van der Waals surface area contributed by atoms with Crippen molar-refractivity contribution in [1.29, 1.82) is 0 Å². The van der Waals surface area contributed by atoms with E-state index in [0.717, 1.165) is 28.3 Å². The second-order valence-electron chi connectivity index (χ2n) is 4.60. The van der Waals surface area contributed by atoms with Gasteiger partial charge in [-0.25, -0.2) is 0 Å². The molecule has 1 unspecified atom stereocenters. The third-order valence-electron chi connectivity index (χ3n) is 3.52. The van der Waals surface area contributed by atoms with Gasteiger partial charge in [-0.2, -0.15) is 0 Å². The van der Waals surface area contributed by atoms with Gasteiger partial charge < -0.3 is 4.74 Å². The summed E-state index contributed by atoms with van der Waals surface area (Å²) in [6, 6.07) is 14.2. The fourth-order valence-corrected chi connectivity index (χ4v) is 3.09. The van der Waals surface area contributed by atoms with E-state index in [4.69, 9.17) is 4.74 Å².